The van der Waals surface area contributed by atoms with E-state index in [4.69, 9.17) is 0 Å². The predicted octanol–water partition coefficient (Wildman–Crippen LogP) is 0.506. The van der Waals surface area contributed by atoms with E-state index in [0.717, 1.165) is 19.4 Å². The summed E-state index contributed by atoms with van der Waals surface area (Å²) in [5, 5.41) is 0. The van der Waals surface area contributed by atoms with Gasteiger partial charge in [0.15, 0.2) is 9.84 Å². The average Bonchev–Trinajstić information content (AvgIpc) is 2.70. The Kier molecular flexibility index (Phi) is 4.50. The van der Waals surface area contributed by atoms with Crippen molar-refractivity contribution in [3.63, 3.8) is 0 Å². The highest BCUT2D eigenvalue weighted by atomic mass is 32.2. The van der Waals surface area contributed by atoms with Crippen LogP contribution in [-0.4, -0.2) is 67.9 Å². The Bertz CT molecular complexity index is 435. The number of likely N-dealkylation sites (tertiary alicyclic amines) is 1. The molecule has 2 heterocycles. The second kappa shape index (κ2) is 5.79. The van der Waals surface area contributed by atoms with Gasteiger partial charge in [0.2, 0.25) is 5.91 Å². The van der Waals surface area contributed by atoms with E-state index < -0.39 is 9.84 Å². The van der Waals surface area contributed by atoms with E-state index in [2.05, 4.69) is 6.92 Å². The molecule has 2 fully saturated rings. The maximum Gasteiger partial charge on any atom is 0.236 e. The minimum Gasteiger partial charge on any atom is -0.339 e. The zero-order chi connectivity index (χ0) is 14.0. The van der Waals surface area contributed by atoms with E-state index in [0.29, 0.717) is 19.0 Å². The van der Waals surface area contributed by atoms with E-state index in [1.54, 1.807) is 0 Å². The van der Waals surface area contributed by atoms with Gasteiger partial charge in [-0.1, -0.05) is 0 Å². The summed E-state index contributed by atoms with van der Waals surface area (Å²) in [6.07, 6.45) is 4.01. The number of likely N-dealkylation sites (N-methyl/N-ethyl adjacent to an activating group) is 1. The molecule has 2 atom stereocenters. The second-order valence-corrected chi connectivity index (χ2v) is 8.13. The van der Waals surface area contributed by atoms with Crippen molar-refractivity contribution in [3.8, 4) is 0 Å². The highest BCUT2D eigenvalue weighted by Crippen LogP contribution is 2.19. The molecule has 1 amide bonds. The summed E-state index contributed by atoms with van der Waals surface area (Å²) in [6.45, 7) is 3.28. The van der Waals surface area contributed by atoms with Gasteiger partial charge in [-0.15, -0.1) is 0 Å². The van der Waals surface area contributed by atoms with E-state index in [-0.39, 0.29) is 23.5 Å². The quantitative estimate of drug-likeness (QED) is 0.759. The van der Waals surface area contributed by atoms with Gasteiger partial charge in [0.05, 0.1) is 18.1 Å². The lowest BCUT2D eigenvalue weighted by atomic mass is 10.0. The zero-order valence-corrected chi connectivity index (χ0v) is 12.7. The van der Waals surface area contributed by atoms with Gasteiger partial charge in [0.1, 0.15) is 0 Å². The first kappa shape index (κ1) is 14.8. The first-order chi connectivity index (χ1) is 8.89. The van der Waals surface area contributed by atoms with Crippen molar-refractivity contribution in [2.45, 2.75) is 44.7 Å². The molecule has 2 rings (SSSR count). The summed E-state index contributed by atoms with van der Waals surface area (Å²) in [5.41, 5.74) is 0. The Morgan fingerprint density at radius 1 is 1.32 bits per heavy atom. The molecular formula is C13H24N2O3S. The molecule has 2 saturated heterocycles. The van der Waals surface area contributed by atoms with Gasteiger partial charge >= 0.3 is 0 Å². The number of carbonyl (C=O) groups excluding carboxylic acids is 1. The molecule has 2 aliphatic rings. The third-order valence-corrected chi connectivity index (χ3v) is 6.09. The van der Waals surface area contributed by atoms with Gasteiger partial charge in [-0.3, -0.25) is 9.69 Å². The largest absolute Gasteiger partial charge is 0.339 e. The van der Waals surface area contributed by atoms with Crippen LogP contribution in [0.3, 0.4) is 0 Å². The molecule has 0 aliphatic carbocycles. The summed E-state index contributed by atoms with van der Waals surface area (Å²) in [6, 6.07) is 0.330. The van der Waals surface area contributed by atoms with Gasteiger partial charge in [-0.05, 0) is 39.7 Å². The number of hydrogen-bond acceptors (Lipinski definition) is 4. The third-order valence-electron chi connectivity index (χ3n) is 4.34. The van der Waals surface area contributed by atoms with Crippen LogP contribution in [-0.2, 0) is 14.6 Å². The molecule has 19 heavy (non-hydrogen) atoms. The number of sulfone groups is 1. The molecular weight excluding hydrogens is 264 g/mol. The molecule has 0 aromatic heterocycles. The average molecular weight is 288 g/mol. The fourth-order valence-corrected chi connectivity index (χ4v) is 4.83. The molecule has 0 aromatic rings. The SMILES string of the molecule is CC1CCCCN1C(=O)CN(C)C1CCS(=O)(=O)C1. The highest BCUT2D eigenvalue weighted by Gasteiger charge is 2.32. The van der Waals surface area contributed by atoms with Crippen molar-refractivity contribution in [1.82, 2.24) is 9.80 Å². The first-order valence-corrected chi connectivity index (χ1v) is 8.91. The number of carbonyl (C=O) groups is 1. The van der Waals surface area contributed by atoms with Gasteiger partial charge in [0, 0.05) is 18.6 Å². The number of nitrogens with zero attached hydrogens (tertiary/aromatic N) is 2. The summed E-state index contributed by atoms with van der Waals surface area (Å²) < 4.78 is 22.9. The van der Waals surface area contributed by atoms with Gasteiger partial charge in [0.25, 0.3) is 0 Å². The van der Waals surface area contributed by atoms with Crippen molar-refractivity contribution < 1.29 is 13.2 Å². The normalized spacial score (nSPS) is 30.8. The molecule has 0 spiro atoms. The number of rotatable bonds is 3. The predicted molar refractivity (Wildman–Crippen MR) is 74.7 cm³/mol. The van der Waals surface area contributed by atoms with Crippen LogP contribution in [0, 0.1) is 0 Å². The maximum absolute atomic E-state index is 12.3. The van der Waals surface area contributed by atoms with Crippen molar-refractivity contribution in [3.05, 3.63) is 0 Å². The summed E-state index contributed by atoms with van der Waals surface area (Å²) in [4.78, 5) is 16.1. The fraction of sp³-hybridized carbons (Fsp3) is 0.923. The molecule has 0 N–H and O–H groups in total. The molecule has 0 bridgehead atoms. The molecule has 5 nitrogen and oxygen atoms in total. The first-order valence-electron chi connectivity index (χ1n) is 7.09. The molecule has 0 saturated carbocycles. The van der Waals surface area contributed by atoms with Crippen LogP contribution in [0.4, 0.5) is 0 Å². The zero-order valence-electron chi connectivity index (χ0n) is 11.8. The van der Waals surface area contributed by atoms with Crippen molar-refractivity contribution in [1.29, 1.82) is 0 Å². The van der Waals surface area contributed by atoms with E-state index in [9.17, 15) is 13.2 Å². The lowest BCUT2D eigenvalue weighted by Crippen LogP contribution is -2.48. The van der Waals surface area contributed by atoms with Gasteiger partial charge in [-0.25, -0.2) is 8.42 Å². The topological polar surface area (TPSA) is 57.7 Å². The minimum absolute atomic E-state index is 0.00838. The Balaban J connectivity index is 1.88. The molecule has 2 aliphatic heterocycles. The summed E-state index contributed by atoms with van der Waals surface area (Å²) >= 11 is 0. The third kappa shape index (κ3) is 3.69. The van der Waals surface area contributed by atoms with Crippen LogP contribution < -0.4 is 0 Å². The van der Waals surface area contributed by atoms with Crippen LogP contribution in [0.25, 0.3) is 0 Å². The van der Waals surface area contributed by atoms with Gasteiger partial charge in [-0.2, -0.15) is 0 Å². The molecule has 6 heteroatoms. The molecule has 110 valence electrons. The number of hydrogen-bond donors (Lipinski definition) is 0. The van der Waals surface area contributed by atoms with Gasteiger partial charge < -0.3 is 4.90 Å². The molecule has 0 aromatic carbocycles. The number of amides is 1. The second-order valence-electron chi connectivity index (χ2n) is 5.90. The summed E-state index contributed by atoms with van der Waals surface area (Å²) in [5.74, 6) is 0.599. The molecule has 2 unspecified atom stereocenters. The lowest BCUT2D eigenvalue weighted by Gasteiger charge is -2.35. The lowest BCUT2D eigenvalue weighted by molar-refractivity contribution is -0.135. The van der Waals surface area contributed by atoms with Crippen LogP contribution in [0.1, 0.15) is 32.6 Å². The van der Waals surface area contributed by atoms with Crippen LogP contribution >= 0.6 is 0 Å². The standard InChI is InChI=1S/C13H24N2O3S/c1-11-5-3-4-7-15(11)13(16)9-14(2)12-6-8-19(17,18)10-12/h11-12H,3-10H2,1-2H3. The Morgan fingerprint density at radius 3 is 2.63 bits per heavy atom. The van der Waals surface area contributed by atoms with Crippen molar-refractivity contribution in [2.24, 2.45) is 0 Å². The smallest absolute Gasteiger partial charge is 0.236 e. The summed E-state index contributed by atoms with van der Waals surface area (Å²) in [7, 11) is -1.02. The minimum atomic E-state index is -2.88. The Morgan fingerprint density at radius 2 is 2.05 bits per heavy atom. The van der Waals surface area contributed by atoms with Crippen molar-refractivity contribution >= 4 is 15.7 Å². The van der Waals surface area contributed by atoms with E-state index in [1.165, 1.54) is 6.42 Å². The maximum atomic E-state index is 12.3. The van der Waals surface area contributed by atoms with E-state index in [1.807, 2.05) is 16.8 Å². The van der Waals surface area contributed by atoms with E-state index >= 15 is 0 Å². The van der Waals surface area contributed by atoms with Crippen LogP contribution in [0.5, 0.6) is 0 Å². The monoisotopic (exact) mass is 288 g/mol. The Hall–Kier alpha value is -0.620. The Labute approximate surface area is 115 Å². The van der Waals surface area contributed by atoms with Crippen LogP contribution in [0.2, 0.25) is 0 Å². The number of piperidine rings is 1. The molecule has 0 radical (unpaired) electrons. The van der Waals surface area contributed by atoms with Crippen molar-refractivity contribution in [2.75, 3.05) is 31.6 Å². The van der Waals surface area contributed by atoms with Crippen LogP contribution in [0.15, 0.2) is 0 Å². The highest BCUT2D eigenvalue weighted by molar-refractivity contribution is 7.91. The fourth-order valence-electron chi connectivity index (χ4n) is 3.02.